The van der Waals surface area contributed by atoms with E-state index < -0.39 is 14.2 Å². The summed E-state index contributed by atoms with van der Waals surface area (Å²) >= 11 is 0. The second kappa shape index (κ2) is 10.5. The van der Waals surface area contributed by atoms with Gasteiger partial charge in [-0.25, -0.2) is 9.69 Å². The summed E-state index contributed by atoms with van der Waals surface area (Å²) in [6.45, 7) is 6.76. The van der Waals surface area contributed by atoms with Crippen LogP contribution in [-0.2, 0) is 20.7 Å². The maximum atomic E-state index is 12.9. The lowest BCUT2D eigenvalue weighted by Crippen LogP contribution is -2.48. The Balaban J connectivity index is 1.74. The van der Waals surface area contributed by atoms with Crippen molar-refractivity contribution in [1.29, 1.82) is 0 Å². The molecule has 3 rings (SSSR count). The first-order chi connectivity index (χ1) is 15.3. The Kier molecular flexibility index (Phi) is 7.80. The molecule has 1 aliphatic heterocycles. The molecule has 6 heteroatoms. The molecule has 32 heavy (non-hydrogen) atoms. The van der Waals surface area contributed by atoms with E-state index in [-0.39, 0.29) is 30.0 Å². The zero-order chi connectivity index (χ0) is 23.1. The number of aldehydes is 1. The Morgan fingerprint density at radius 3 is 2.38 bits per heavy atom. The number of hydrogen-bond acceptors (Lipinski definition) is 4. The molecule has 1 heterocycles. The fourth-order valence-corrected chi connectivity index (χ4v) is 8.16. The molecule has 168 valence electrons. The van der Waals surface area contributed by atoms with Crippen LogP contribution in [0.15, 0.2) is 72.8 Å². The van der Waals surface area contributed by atoms with Gasteiger partial charge in [-0.3, -0.25) is 4.79 Å². The summed E-state index contributed by atoms with van der Waals surface area (Å²) in [5, 5.41) is 1.28. The van der Waals surface area contributed by atoms with Crippen LogP contribution in [0.4, 0.5) is 4.79 Å². The van der Waals surface area contributed by atoms with E-state index in [0.717, 1.165) is 11.8 Å². The molecule has 3 atom stereocenters. The van der Waals surface area contributed by atoms with Crippen LogP contribution in [0.5, 0.6) is 0 Å². The molecule has 0 aliphatic carbocycles. The Morgan fingerprint density at radius 2 is 1.75 bits per heavy atom. The molecule has 0 unspecified atom stereocenters. The van der Waals surface area contributed by atoms with Crippen molar-refractivity contribution >= 4 is 31.5 Å². The molecule has 0 aromatic heterocycles. The highest BCUT2D eigenvalue weighted by Crippen LogP contribution is 2.33. The second-order valence-electron chi connectivity index (χ2n) is 8.94. The zero-order valence-electron chi connectivity index (χ0n) is 18.9. The topological polar surface area (TPSA) is 63.7 Å². The summed E-state index contributed by atoms with van der Waals surface area (Å²) < 4.78 is 5.17. The minimum atomic E-state index is -1.97. The number of carbonyl (C=O) groups is 3. The molecule has 0 N–H and O–H groups in total. The molecule has 0 radical (unpaired) electrons. The van der Waals surface area contributed by atoms with Gasteiger partial charge in [-0.05, 0) is 29.5 Å². The zero-order valence-corrected chi connectivity index (χ0v) is 19.9. The van der Waals surface area contributed by atoms with Crippen LogP contribution in [0, 0.1) is 5.92 Å². The van der Waals surface area contributed by atoms with Crippen LogP contribution >= 0.6 is 0 Å². The SMILES string of the molecule is C[C@H](/C=C/C(=O)N1C(=O)OC[C@@H]1Cc1ccccc1)[C@@H](CC=O)[Si](C)(C)c1ccccc1. The normalized spacial score (nSPS) is 18.4. The molecule has 5 nitrogen and oxygen atoms in total. The van der Waals surface area contributed by atoms with Crippen molar-refractivity contribution in [2.75, 3.05) is 6.61 Å². The van der Waals surface area contributed by atoms with Crippen molar-refractivity contribution in [2.45, 2.75) is 44.4 Å². The van der Waals surface area contributed by atoms with Gasteiger partial charge in [0.2, 0.25) is 0 Å². The van der Waals surface area contributed by atoms with Crippen molar-refractivity contribution in [1.82, 2.24) is 4.90 Å². The Bertz CT molecular complexity index is 958. The number of nitrogens with zero attached hydrogens (tertiary/aromatic N) is 1. The first-order valence-electron chi connectivity index (χ1n) is 11.1. The van der Waals surface area contributed by atoms with Crippen molar-refractivity contribution < 1.29 is 19.1 Å². The van der Waals surface area contributed by atoms with Crippen molar-refractivity contribution in [3.63, 3.8) is 0 Å². The highest BCUT2D eigenvalue weighted by Gasteiger charge is 2.38. The lowest BCUT2D eigenvalue weighted by Gasteiger charge is -2.35. The van der Waals surface area contributed by atoms with E-state index in [1.165, 1.54) is 16.2 Å². The van der Waals surface area contributed by atoms with Crippen molar-refractivity contribution in [2.24, 2.45) is 5.92 Å². The molecule has 0 saturated carbocycles. The largest absolute Gasteiger partial charge is 0.447 e. The molecule has 2 aromatic rings. The minimum Gasteiger partial charge on any atom is -0.447 e. The van der Waals surface area contributed by atoms with Gasteiger partial charge in [0.15, 0.2) is 0 Å². The van der Waals surface area contributed by atoms with E-state index in [1.54, 1.807) is 0 Å². The van der Waals surface area contributed by atoms with E-state index in [1.807, 2.05) is 61.5 Å². The van der Waals surface area contributed by atoms with Crippen LogP contribution in [0.1, 0.15) is 18.9 Å². The first-order valence-corrected chi connectivity index (χ1v) is 14.1. The fourth-order valence-electron chi connectivity index (χ4n) is 4.57. The van der Waals surface area contributed by atoms with E-state index in [0.29, 0.717) is 12.8 Å². The Labute approximate surface area is 191 Å². The summed E-state index contributed by atoms with van der Waals surface area (Å²) in [5.41, 5.74) is 1.18. The number of ether oxygens (including phenoxy) is 1. The number of imide groups is 1. The highest BCUT2D eigenvalue weighted by atomic mass is 28.3. The maximum absolute atomic E-state index is 12.9. The van der Waals surface area contributed by atoms with Crippen LogP contribution in [0.2, 0.25) is 18.6 Å². The summed E-state index contributed by atoms with van der Waals surface area (Å²) in [6.07, 6.45) is 4.70. The molecule has 2 aromatic carbocycles. The van der Waals surface area contributed by atoms with Gasteiger partial charge in [-0.15, -0.1) is 0 Å². The van der Waals surface area contributed by atoms with Gasteiger partial charge < -0.3 is 9.53 Å². The van der Waals surface area contributed by atoms with Gasteiger partial charge in [0.25, 0.3) is 5.91 Å². The maximum Gasteiger partial charge on any atom is 0.417 e. The molecule has 0 spiro atoms. The Morgan fingerprint density at radius 1 is 1.12 bits per heavy atom. The number of carbonyl (C=O) groups excluding carboxylic acids is 3. The summed E-state index contributed by atoms with van der Waals surface area (Å²) in [6, 6.07) is 19.7. The number of amides is 2. The number of hydrogen-bond donors (Lipinski definition) is 0. The summed E-state index contributed by atoms with van der Waals surface area (Å²) in [5.74, 6) is -0.360. The fraction of sp³-hybridized carbons (Fsp3) is 0.346. The van der Waals surface area contributed by atoms with Crippen molar-refractivity contribution in [3.8, 4) is 0 Å². The number of allylic oxidation sites excluding steroid dienone is 1. The first kappa shape index (κ1) is 23.7. The van der Waals surface area contributed by atoms with E-state index >= 15 is 0 Å². The van der Waals surface area contributed by atoms with Gasteiger partial charge in [0, 0.05) is 6.42 Å². The van der Waals surface area contributed by atoms with Gasteiger partial charge in [-0.2, -0.15) is 0 Å². The molecular formula is C26H31NO4Si. The summed E-state index contributed by atoms with van der Waals surface area (Å²) in [7, 11) is -1.97. The van der Waals surface area contributed by atoms with Gasteiger partial charge in [-0.1, -0.05) is 91.9 Å². The predicted molar refractivity (Wildman–Crippen MR) is 128 cm³/mol. The minimum absolute atomic E-state index is 0.0113. The average molecular weight is 450 g/mol. The molecular weight excluding hydrogens is 418 g/mol. The lowest BCUT2D eigenvalue weighted by molar-refractivity contribution is -0.124. The molecule has 1 fully saturated rings. The van der Waals surface area contributed by atoms with Gasteiger partial charge >= 0.3 is 6.09 Å². The van der Waals surface area contributed by atoms with Crippen LogP contribution in [0.25, 0.3) is 0 Å². The van der Waals surface area contributed by atoms with Crippen molar-refractivity contribution in [3.05, 3.63) is 78.4 Å². The Hall–Kier alpha value is -2.99. The quantitative estimate of drug-likeness (QED) is 0.324. The van der Waals surface area contributed by atoms with E-state index in [4.69, 9.17) is 4.74 Å². The number of cyclic esters (lactones) is 1. The monoisotopic (exact) mass is 449 g/mol. The average Bonchev–Trinajstić information content (AvgIpc) is 3.16. The smallest absolute Gasteiger partial charge is 0.417 e. The van der Waals surface area contributed by atoms with Crippen LogP contribution in [0.3, 0.4) is 0 Å². The predicted octanol–water partition coefficient (Wildman–Crippen LogP) is 4.34. The second-order valence-corrected chi connectivity index (χ2v) is 13.7. The standard InChI is InChI=1S/C26H31NO4Si/c1-20(24(16-17-28)32(2,3)23-12-8-5-9-13-23)14-15-25(29)27-22(19-31-26(27)30)18-21-10-6-4-7-11-21/h4-15,17,20,22,24H,16,18-19H2,1-3H3/b15-14+/t20-,22+,24-/m1/s1. The molecule has 1 saturated heterocycles. The molecule has 0 bridgehead atoms. The van der Waals surface area contributed by atoms with Gasteiger partial charge in [0.1, 0.15) is 12.9 Å². The van der Waals surface area contributed by atoms with Crippen LogP contribution in [-0.4, -0.2) is 43.9 Å². The van der Waals surface area contributed by atoms with E-state index in [2.05, 4.69) is 25.2 Å². The van der Waals surface area contributed by atoms with Crippen LogP contribution < -0.4 is 5.19 Å². The molecule has 2 amide bonds. The van der Waals surface area contributed by atoms with Gasteiger partial charge in [0.05, 0.1) is 14.1 Å². The third-order valence-electron chi connectivity index (χ3n) is 6.48. The number of rotatable bonds is 9. The highest BCUT2D eigenvalue weighted by molar-refractivity contribution is 6.91. The molecule has 1 aliphatic rings. The lowest BCUT2D eigenvalue weighted by atomic mass is 10.0. The third-order valence-corrected chi connectivity index (χ3v) is 10.9. The number of benzene rings is 2. The summed E-state index contributed by atoms with van der Waals surface area (Å²) in [4.78, 5) is 37.9. The third kappa shape index (κ3) is 5.43. The van der Waals surface area contributed by atoms with E-state index in [9.17, 15) is 14.4 Å².